The maximum absolute atomic E-state index is 10.4. The second-order valence-corrected chi connectivity index (χ2v) is 9.28. The summed E-state index contributed by atoms with van der Waals surface area (Å²) in [5, 5.41) is 18.6. The van der Waals surface area contributed by atoms with Crippen LogP contribution in [0.25, 0.3) is 0 Å². The fourth-order valence-electron chi connectivity index (χ4n) is 3.43. The Bertz CT molecular complexity index is 320. The van der Waals surface area contributed by atoms with Gasteiger partial charge in [0.15, 0.2) is 0 Å². The van der Waals surface area contributed by atoms with E-state index in [2.05, 4.69) is 20.8 Å². The molecule has 26 heavy (non-hydrogen) atoms. The highest BCUT2D eigenvalue weighted by molar-refractivity contribution is 5.66. The molecular formula is C23H46O3. The normalized spacial score (nSPS) is 13.1. The Hall–Kier alpha value is -0.570. The number of carboxylic acid groups (broad SMARTS) is 1. The highest BCUT2D eigenvalue weighted by atomic mass is 16.4. The summed E-state index contributed by atoms with van der Waals surface area (Å²) in [6.07, 6.45) is 19.0. The fourth-order valence-corrected chi connectivity index (χ4v) is 3.43. The molecule has 0 saturated heterocycles. The van der Waals surface area contributed by atoms with Crippen molar-refractivity contribution in [2.75, 3.05) is 0 Å². The fraction of sp³-hybridized carbons (Fsp3) is 0.957. The number of aliphatic hydroxyl groups excluding tert-OH is 1. The van der Waals surface area contributed by atoms with Crippen molar-refractivity contribution in [3.05, 3.63) is 0 Å². The van der Waals surface area contributed by atoms with Crippen molar-refractivity contribution in [1.82, 2.24) is 0 Å². The van der Waals surface area contributed by atoms with E-state index in [0.29, 0.717) is 11.8 Å². The first-order valence-corrected chi connectivity index (χ1v) is 11.2. The summed E-state index contributed by atoms with van der Waals surface area (Å²) >= 11 is 0. The highest BCUT2D eigenvalue weighted by Crippen LogP contribution is 2.22. The summed E-state index contributed by atoms with van der Waals surface area (Å²) in [5.74, 6) is -0.677. The van der Waals surface area contributed by atoms with Gasteiger partial charge < -0.3 is 10.2 Å². The Morgan fingerprint density at radius 3 is 1.50 bits per heavy atom. The van der Waals surface area contributed by atoms with Crippen LogP contribution in [0.3, 0.4) is 0 Å². The van der Waals surface area contributed by atoms with Gasteiger partial charge in [-0.25, -0.2) is 0 Å². The molecule has 0 aliphatic heterocycles. The quantitative estimate of drug-likeness (QED) is 0.253. The molecule has 0 spiro atoms. The van der Waals surface area contributed by atoms with Crippen LogP contribution in [0.2, 0.25) is 0 Å². The SMILES string of the molecule is CC(C)(C)CCCCCCCC(O)CCCCCCCCCCC(=O)O. The zero-order chi connectivity index (χ0) is 19.7. The topological polar surface area (TPSA) is 57.5 Å². The Morgan fingerprint density at radius 2 is 1.08 bits per heavy atom. The van der Waals surface area contributed by atoms with Crippen molar-refractivity contribution in [2.24, 2.45) is 5.41 Å². The van der Waals surface area contributed by atoms with Gasteiger partial charge in [-0.05, 0) is 31.1 Å². The Balaban J connectivity index is 3.22. The van der Waals surface area contributed by atoms with Crippen LogP contribution in [-0.4, -0.2) is 22.3 Å². The Kier molecular flexibility index (Phi) is 16.2. The lowest BCUT2D eigenvalue weighted by atomic mass is 9.89. The van der Waals surface area contributed by atoms with Gasteiger partial charge >= 0.3 is 5.97 Å². The minimum absolute atomic E-state index is 0.0967. The summed E-state index contributed by atoms with van der Waals surface area (Å²) in [6, 6.07) is 0. The van der Waals surface area contributed by atoms with E-state index >= 15 is 0 Å². The number of hydrogen-bond acceptors (Lipinski definition) is 2. The first kappa shape index (κ1) is 25.4. The predicted molar refractivity (Wildman–Crippen MR) is 112 cm³/mol. The monoisotopic (exact) mass is 370 g/mol. The third-order valence-electron chi connectivity index (χ3n) is 5.14. The molecule has 2 N–H and O–H groups in total. The number of rotatable bonds is 18. The number of aliphatic carboxylic acids is 1. The molecule has 0 aromatic heterocycles. The molecule has 0 aliphatic rings. The number of carbonyl (C=O) groups is 1. The van der Waals surface area contributed by atoms with E-state index in [1.807, 2.05) is 0 Å². The van der Waals surface area contributed by atoms with Gasteiger partial charge in [-0.3, -0.25) is 4.79 Å². The molecule has 0 radical (unpaired) electrons. The van der Waals surface area contributed by atoms with Gasteiger partial charge in [0.2, 0.25) is 0 Å². The Labute approximate surface area is 163 Å². The van der Waals surface area contributed by atoms with E-state index in [1.54, 1.807) is 0 Å². The van der Waals surface area contributed by atoms with Gasteiger partial charge in [-0.15, -0.1) is 0 Å². The lowest BCUT2D eigenvalue weighted by Crippen LogP contribution is -2.06. The van der Waals surface area contributed by atoms with Gasteiger partial charge in [0, 0.05) is 6.42 Å². The summed E-state index contributed by atoms with van der Waals surface area (Å²) in [6.45, 7) is 6.93. The average molecular weight is 371 g/mol. The first-order valence-electron chi connectivity index (χ1n) is 11.2. The summed E-state index contributed by atoms with van der Waals surface area (Å²) in [5.41, 5.74) is 0.469. The van der Waals surface area contributed by atoms with Crippen LogP contribution in [0.1, 0.15) is 130 Å². The van der Waals surface area contributed by atoms with Crippen LogP contribution in [0.5, 0.6) is 0 Å². The second-order valence-electron chi connectivity index (χ2n) is 9.28. The molecule has 0 bridgehead atoms. The summed E-state index contributed by atoms with van der Waals surface area (Å²) in [4.78, 5) is 10.4. The molecular weight excluding hydrogens is 324 g/mol. The third kappa shape index (κ3) is 21.5. The van der Waals surface area contributed by atoms with E-state index in [1.165, 1.54) is 64.2 Å². The zero-order valence-electron chi connectivity index (χ0n) is 17.9. The van der Waals surface area contributed by atoms with Crippen molar-refractivity contribution in [3.63, 3.8) is 0 Å². The average Bonchev–Trinajstić information content (AvgIpc) is 2.54. The van der Waals surface area contributed by atoms with Crippen LogP contribution in [0, 0.1) is 5.41 Å². The van der Waals surface area contributed by atoms with Crippen LogP contribution in [0.15, 0.2) is 0 Å². The van der Waals surface area contributed by atoms with E-state index in [4.69, 9.17) is 5.11 Å². The van der Waals surface area contributed by atoms with Gasteiger partial charge in [0.25, 0.3) is 0 Å². The molecule has 1 atom stereocenters. The van der Waals surface area contributed by atoms with E-state index in [9.17, 15) is 9.90 Å². The van der Waals surface area contributed by atoms with Crippen LogP contribution < -0.4 is 0 Å². The molecule has 0 saturated carbocycles. The molecule has 0 aromatic carbocycles. The van der Waals surface area contributed by atoms with Crippen molar-refractivity contribution in [1.29, 1.82) is 0 Å². The lowest BCUT2D eigenvalue weighted by molar-refractivity contribution is -0.137. The largest absolute Gasteiger partial charge is 0.481 e. The van der Waals surface area contributed by atoms with E-state index in [-0.39, 0.29) is 6.10 Å². The summed E-state index contributed by atoms with van der Waals surface area (Å²) in [7, 11) is 0. The third-order valence-corrected chi connectivity index (χ3v) is 5.14. The van der Waals surface area contributed by atoms with Crippen molar-refractivity contribution in [2.45, 2.75) is 136 Å². The van der Waals surface area contributed by atoms with Crippen LogP contribution in [-0.2, 0) is 4.79 Å². The smallest absolute Gasteiger partial charge is 0.303 e. The van der Waals surface area contributed by atoms with Gasteiger partial charge in [-0.1, -0.05) is 97.8 Å². The summed E-state index contributed by atoms with van der Waals surface area (Å²) < 4.78 is 0. The van der Waals surface area contributed by atoms with Crippen molar-refractivity contribution >= 4 is 5.97 Å². The highest BCUT2D eigenvalue weighted by Gasteiger charge is 2.09. The van der Waals surface area contributed by atoms with E-state index < -0.39 is 5.97 Å². The van der Waals surface area contributed by atoms with Crippen LogP contribution >= 0.6 is 0 Å². The molecule has 0 rings (SSSR count). The maximum Gasteiger partial charge on any atom is 0.303 e. The predicted octanol–water partition coefficient (Wildman–Crippen LogP) is 7.11. The van der Waals surface area contributed by atoms with Gasteiger partial charge in [-0.2, -0.15) is 0 Å². The molecule has 0 heterocycles. The first-order chi connectivity index (χ1) is 12.3. The Morgan fingerprint density at radius 1 is 0.692 bits per heavy atom. The molecule has 0 aliphatic carbocycles. The lowest BCUT2D eigenvalue weighted by Gasteiger charge is -2.17. The molecule has 3 nitrogen and oxygen atoms in total. The number of carboxylic acids is 1. The number of aliphatic hydroxyl groups is 1. The number of unbranched alkanes of at least 4 members (excludes halogenated alkanes) is 11. The van der Waals surface area contributed by atoms with Crippen LogP contribution in [0.4, 0.5) is 0 Å². The standard InChI is InChI=1S/C23H46O3/c1-23(2,3)20-16-12-8-10-14-18-21(24)17-13-9-6-4-5-7-11-15-19-22(25)26/h21,24H,4-20H2,1-3H3,(H,25,26). The number of hydrogen-bond donors (Lipinski definition) is 2. The molecule has 3 heteroatoms. The second kappa shape index (κ2) is 16.6. The van der Waals surface area contributed by atoms with Gasteiger partial charge in [0.05, 0.1) is 6.10 Å². The van der Waals surface area contributed by atoms with E-state index in [0.717, 1.165) is 38.5 Å². The van der Waals surface area contributed by atoms with Crippen molar-refractivity contribution < 1.29 is 15.0 Å². The molecule has 0 aromatic rings. The van der Waals surface area contributed by atoms with Crippen molar-refractivity contribution in [3.8, 4) is 0 Å². The molecule has 1 unspecified atom stereocenters. The molecule has 0 amide bonds. The molecule has 156 valence electrons. The minimum Gasteiger partial charge on any atom is -0.481 e. The molecule has 0 fully saturated rings. The maximum atomic E-state index is 10.4. The zero-order valence-corrected chi connectivity index (χ0v) is 17.9. The van der Waals surface area contributed by atoms with Gasteiger partial charge in [0.1, 0.15) is 0 Å². The minimum atomic E-state index is -0.677.